The minimum atomic E-state index is 0.134. The molecule has 2 aliphatic heterocycles. The number of nitrogens with zero attached hydrogens (tertiary/aromatic N) is 1. The van der Waals surface area contributed by atoms with Gasteiger partial charge in [0, 0.05) is 24.9 Å². The predicted molar refractivity (Wildman–Crippen MR) is 60.7 cm³/mol. The van der Waals surface area contributed by atoms with E-state index < -0.39 is 0 Å². The fraction of sp³-hybridized carbons (Fsp3) is 1.00. The maximum Gasteiger partial charge on any atom is 0.0663 e. The first-order valence-electron chi connectivity index (χ1n) is 5.37. The first-order chi connectivity index (χ1) is 6.78. The number of rotatable bonds is 3. The van der Waals surface area contributed by atoms with Gasteiger partial charge in [-0.15, -0.1) is 0 Å². The van der Waals surface area contributed by atoms with E-state index in [1.807, 2.05) is 0 Å². The zero-order chi connectivity index (χ0) is 10.0. The van der Waals surface area contributed by atoms with Gasteiger partial charge in [0.15, 0.2) is 0 Å². The highest BCUT2D eigenvalue weighted by Gasteiger charge is 2.41. The fourth-order valence-corrected chi connectivity index (χ4v) is 3.66. The second-order valence-electron chi connectivity index (χ2n) is 4.36. The maximum atomic E-state index is 5.91. The quantitative estimate of drug-likeness (QED) is 0.747. The molecule has 0 aromatic carbocycles. The van der Waals surface area contributed by atoms with E-state index in [0.29, 0.717) is 6.04 Å². The highest BCUT2D eigenvalue weighted by atomic mass is 32.2. The van der Waals surface area contributed by atoms with Gasteiger partial charge in [0.05, 0.1) is 12.1 Å². The van der Waals surface area contributed by atoms with Crippen molar-refractivity contribution in [2.24, 2.45) is 5.73 Å². The summed E-state index contributed by atoms with van der Waals surface area (Å²) in [7, 11) is 2.22. The normalized spacial score (nSPS) is 38.4. The van der Waals surface area contributed by atoms with Crippen LogP contribution in [0.4, 0.5) is 0 Å². The van der Waals surface area contributed by atoms with Crippen molar-refractivity contribution in [3.05, 3.63) is 0 Å². The Morgan fingerprint density at radius 1 is 1.64 bits per heavy atom. The van der Waals surface area contributed by atoms with Gasteiger partial charge < -0.3 is 10.5 Å². The van der Waals surface area contributed by atoms with E-state index >= 15 is 0 Å². The minimum Gasteiger partial charge on any atom is -0.379 e. The monoisotopic (exact) mass is 216 g/mol. The van der Waals surface area contributed by atoms with Crippen LogP contribution in [-0.2, 0) is 4.74 Å². The smallest absolute Gasteiger partial charge is 0.0663 e. The van der Waals surface area contributed by atoms with Crippen LogP contribution in [0.1, 0.15) is 12.8 Å². The summed E-state index contributed by atoms with van der Waals surface area (Å²) in [5.74, 6) is 2.56. The van der Waals surface area contributed by atoms with Gasteiger partial charge in [0.2, 0.25) is 0 Å². The minimum absolute atomic E-state index is 0.134. The van der Waals surface area contributed by atoms with Crippen LogP contribution in [0, 0.1) is 0 Å². The molecule has 0 saturated carbocycles. The molecule has 0 bridgehead atoms. The standard InChI is InChI=1S/C10H20N2OS/c1-12(9-2-5-14-6-9)10(7-11)3-4-13-8-10/h9H,2-8,11H2,1H3. The van der Waals surface area contributed by atoms with Crippen LogP contribution in [0.3, 0.4) is 0 Å². The Hall–Kier alpha value is 0.230. The second kappa shape index (κ2) is 4.39. The summed E-state index contributed by atoms with van der Waals surface area (Å²) in [5, 5.41) is 0. The van der Waals surface area contributed by atoms with Gasteiger partial charge in [-0.1, -0.05) is 0 Å². The molecule has 14 heavy (non-hydrogen) atoms. The molecule has 0 aromatic rings. The van der Waals surface area contributed by atoms with E-state index in [1.165, 1.54) is 17.9 Å². The molecule has 0 amide bonds. The lowest BCUT2D eigenvalue weighted by Crippen LogP contribution is -2.56. The van der Waals surface area contributed by atoms with Crippen molar-refractivity contribution in [2.45, 2.75) is 24.4 Å². The molecule has 0 aliphatic carbocycles. The van der Waals surface area contributed by atoms with Crippen LogP contribution >= 0.6 is 11.8 Å². The third-order valence-corrected chi connectivity index (χ3v) is 4.81. The Labute approximate surface area is 90.3 Å². The lowest BCUT2D eigenvalue weighted by Gasteiger charge is -2.40. The highest BCUT2D eigenvalue weighted by molar-refractivity contribution is 7.99. The molecule has 2 heterocycles. The van der Waals surface area contributed by atoms with Gasteiger partial charge in [-0.05, 0) is 25.6 Å². The van der Waals surface area contributed by atoms with E-state index in [9.17, 15) is 0 Å². The van der Waals surface area contributed by atoms with Gasteiger partial charge in [-0.25, -0.2) is 0 Å². The predicted octanol–water partition coefficient (Wildman–Crippen LogP) is 0.541. The largest absolute Gasteiger partial charge is 0.379 e. The van der Waals surface area contributed by atoms with E-state index in [4.69, 9.17) is 10.5 Å². The summed E-state index contributed by atoms with van der Waals surface area (Å²) in [6.45, 7) is 2.42. The topological polar surface area (TPSA) is 38.5 Å². The molecular weight excluding hydrogens is 196 g/mol. The molecule has 2 fully saturated rings. The van der Waals surface area contributed by atoms with E-state index in [2.05, 4.69) is 23.7 Å². The molecule has 82 valence electrons. The molecule has 0 spiro atoms. The third-order valence-electron chi connectivity index (χ3n) is 3.66. The molecule has 0 aromatic heterocycles. The summed E-state index contributed by atoms with van der Waals surface area (Å²) < 4.78 is 5.50. The number of thioether (sulfide) groups is 1. The van der Waals surface area contributed by atoms with E-state index in [1.54, 1.807) is 0 Å². The van der Waals surface area contributed by atoms with E-state index in [-0.39, 0.29) is 5.54 Å². The Bertz CT molecular complexity index is 189. The molecule has 3 nitrogen and oxygen atoms in total. The number of nitrogens with two attached hydrogens (primary N) is 1. The summed E-state index contributed by atoms with van der Waals surface area (Å²) in [5.41, 5.74) is 6.04. The summed E-state index contributed by atoms with van der Waals surface area (Å²) in [4.78, 5) is 2.49. The second-order valence-corrected chi connectivity index (χ2v) is 5.51. The van der Waals surface area contributed by atoms with Crippen LogP contribution in [0.25, 0.3) is 0 Å². The zero-order valence-electron chi connectivity index (χ0n) is 8.87. The van der Waals surface area contributed by atoms with Crippen molar-refractivity contribution >= 4 is 11.8 Å². The lowest BCUT2D eigenvalue weighted by molar-refractivity contribution is 0.0674. The van der Waals surface area contributed by atoms with Crippen molar-refractivity contribution in [1.29, 1.82) is 0 Å². The Kier molecular flexibility index (Phi) is 3.37. The maximum absolute atomic E-state index is 5.91. The molecular formula is C10H20N2OS. The van der Waals surface area contributed by atoms with Crippen LogP contribution in [0.5, 0.6) is 0 Å². The number of hydrogen-bond acceptors (Lipinski definition) is 4. The molecule has 0 radical (unpaired) electrons. The summed E-state index contributed by atoms with van der Waals surface area (Å²) >= 11 is 2.06. The SMILES string of the molecule is CN(C1CCSC1)C1(CN)CCOC1. The highest BCUT2D eigenvalue weighted by Crippen LogP contribution is 2.31. The van der Waals surface area contributed by atoms with Crippen LogP contribution in [-0.4, -0.2) is 54.8 Å². The van der Waals surface area contributed by atoms with Crippen molar-refractivity contribution in [3.8, 4) is 0 Å². The fourth-order valence-electron chi connectivity index (χ4n) is 2.39. The first kappa shape index (κ1) is 10.7. The van der Waals surface area contributed by atoms with Crippen LogP contribution < -0.4 is 5.73 Å². The van der Waals surface area contributed by atoms with E-state index in [0.717, 1.165) is 26.2 Å². The first-order valence-corrected chi connectivity index (χ1v) is 6.52. The van der Waals surface area contributed by atoms with Crippen molar-refractivity contribution in [1.82, 2.24) is 4.90 Å². The number of hydrogen-bond donors (Lipinski definition) is 1. The molecule has 4 heteroatoms. The van der Waals surface area contributed by atoms with Gasteiger partial charge >= 0.3 is 0 Å². The van der Waals surface area contributed by atoms with Crippen molar-refractivity contribution in [3.63, 3.8) is 0 Å². The Balaban J connectivity index is 2.02. The molecule has 2 atom stereocenters. The van der Waals surface area contributed by atoms with Gasteiger partial charge in [0.25, 0.3) is 0 Å². The summed E-state index contributed by atoms with van der Waals surface area (Å²) in [6, 6.07) is 0.713. The van der Waals surface area contributed by atoms with Gasteiger partial charge in [-0.3, -0.25) is 4.90 Å². The molecule has 2 rings (SSSR count). The van der Waals surface area contributed by atoms with Crippen LogP contribution in [0.2, 0.25) is 0 Å². The van der Waals surface area contributed by atoms with Crippen molar-refractivity contribution < 1.29 is 4.74 Å². The molecule has 2 N–H and O–H groups in total. The Morgan fingerprint density at radius 3 is 3.00 bits per heavy atom. The van der Waals surface area contributed by atoms with Gasteiger partial charge in [-0.2, -0.15) is 11.8 Å². The summed E-state index contributed by atoms with van der Waals surface area (Å²) in [6.07, 6.45) is 2.41. The van der Waals surface area contributed by atoms with Crippen molar-refractivity contribution in [2.75, 3.05) is 38.3 Å². The van der Waals surface area contributed by atoms with Crippen LogP contribution in [0.15, 0.2) is 0 Å². The third kappa shape index (κ3) is 1.81. The average molecular weight is 216 g/mol. The molecule has 2 unspecified atom stereocenters. The average Bonchev–Trinajstić information content (AvgIpc) is 2.89. The molecule has 2 aliphatic rings. The number of ether oxygens (including phenoxy) is 1. The lowest BCUT2D eigenvalue weighted by atomic mass is 9.95. The Morgan fingerprint density at radius 2 is 2.50 bits per heavy atom. The molecule has 2 saturated heterocycles. The zero-order valence-corrected chi connectivity index (χ0v) is 9.68. The van der Waals surface area contributed by atoms with Gasteiger partial charge in [0.1, 0.15) is 0 Å². The number of likely N-dealkylation sites (N-methyl/N-ethyl adjacent to an activating group) is 1.